The zero-order chi connectivity index (χ0) is 20.4. The monoisotopic (exact) mass is 413 g/mol. The molecule has 1 fully saturated rings. The summed E-state index contributed by atoms with van der Waals surface area (Å²) in [5.41, 5.74) is 7.05. The Morgan fingerprint density at radius 2 is 1.76 bits per heavy atom. The van der Waals surface area contributed by atoms with Crippen LogP contribution in [-0.4, -0.2) is 30.5 Å². The molecule has 9 nitrogen and oxygen atoms in total. The van der Waals surface area contributed by atoms with Crippen molar-refractivity contribution in [3.63, 3.8) is 0 Å². The fourth-order valence-electron chi connectivity index (χ4n) is 2.59. The van der Waals surface area contributed by atoms with Crippen LogP contribution in [0, 0.1) is 6.92 Å². The van der Waals surface area contributed by atoms with E-state index in [1.807, 2.05) is 0 Å². The minimum absolute atomic E-state index is 0.0485. The van der Waals surface area contributed by atoms with Crippen molar-refractivity contribution in [3.05, 3.63) is 59.9 Å². The molecule has 1 aliphatic carbocycles. The SMILES string of the molecule is Cc1noc(-c2ccc(C(=O)NNc3ccc(S(=O)(=O)NC4CC4)cc3)cc2)n1. The average Bonchev–Trinajstić information content (AvgIpc) is 3.42. The topological polar surface area (TPSA) is 126 Å². The van der Waals surface area contributed by atoms with Crippen LogP contribution < -0.4 is 15.6 Å². The summed E-state index contributed by atoms with van der Waals surface area (Å²) in [7, 11) is -3.50. The Labute approximate surface area is 167 Å². The molecule has 1 aromatic heterocycles. The number of aromatic nitrogens is 2. The fourth-order valence-corrected chi connectivity index (χ4v) is 3.89. The van der Waals surface area contributed by atoms with E-state index in [1.54, 1.807) is 43.3 Å². The summed E-state index contributed by atoms with van der Waals surface area (Å²) in [6, 6.07) is 12.9. The maximum atomic E-state index is 12.3. The third-order valence-electron chi connectivity index (χ3n) is 4.31. The smallest absolute Gasteiger partial charge is 0.269 e. The van der Waals surface area contributed by atoms with Crippen molar-refractivity contribution in [1.82, 2.24) is 20.3 Å². The molecule has 150 valence electrons. The number of nitrogens with one attached hydrogen (secondary N) is 3. The van der Waals surface area contributed by atoms with Crippen LogP contribution in [0.4, 0.5) is 5.69 Å². The first-order chi connectivity index (χ1) is 13.9. The summed E-state index contributed by atoms with van der Waals surface area (Å²) in [5.74, 6) is 0.581. The molecule has 1 saturated carbocycles. The van der Waals surface area contributed by atoms with E-state index in [4.69, 9.17) is 4.52 Å². The summed E-state index contributed by atoms with van der Waals surface area (Å²) in [5, 5.41) is 3.73. The van der Waals surface area contributed by atoms with Crippen molar-refractivity contribution in [1.29, 1.82) is 0 Å². The van der Waals surface area contributed by atoms with Crippen LogP contribution in [0.5, 0.6) is 0 Å². The minimum atomic E-state index is -3.50. The van der Waals surface area contributed by atoms with E-state index < -0.39 is 10.0 Å². The number of rotatable bonds is 7. The standard InChI is InChI=1S/C19H19N5O4S/c1-12-20-19(28-23-12)14-4-2-13(3-5-14)18(25)22-21-15-8-10-17(11-9-15)29(26,27)24-16-6-7-16/h2-5,8-11,16,21,24H,6-7H2,1H3,(H,22,25). The van der Waals surface area contributed by atoms with Crippen LogP contribution >= 0.6 is 0 Å². The molecule has 0 spiro atoms. The number of anilines is 1. The maximum Gasteiger partial charge on any atom is 0.269 e. The molecule has 3 N–H and O–H groups in total. The van der Waals surface area contributed by atoms with Gasteiger partial charge in [-0.05, 0) is 68.3 Å². The number of hydrogen-bond donors (Lipinski definition) is 3. The Morgan fingerprint density at radius 1 is 1.07 bits per heavy atom. The van der Waals surface area contributed by atoms with Gasteiger partial charge in [0.1, 0.15) is 0 Å². The van der Waals surface area contributed by atoms with Crippen LogP contribution in [0.3, 0.4) is 0 Å². The first-order valence-electron chi connectivity index (χ1n) is 9.00. The lowest BCUT2D eigenvalue weighted by molar-refractivity contribution is 0.0962. The van der Waals surface area contributed by atoms with Gasteiger partial charge in [-0.2, -0.15) is 4.98 Å². The lowest BCUT2D eigenvalue weighted by Crippen LogP contribution is -2.29. The van der Waals surface area contributed by atoms with Crippen LogP contribution in [0.15, 0.2) is 57.9 Å². The summed E-state index contributed by atoms with van der Waals surface area (Å²) < 4.78 is 32.0. The van der Waals surface area contributed by atoms with E-state index in [9.17, 15) is 13.2 Å². The molecule has 10 heteroatoms. The second-order valence-corrected chi connectivity index (χ2v) is 8.44. The highest BCUT2D eigenvalue weighted by Crippen LogP contribution is 2.23. The first kappa shape index (κ1) is 19.1. The molecule has 0 aliphatic heterocycles. The normalized spacial score (nSPS) is 13.8. The fraction of sp³-hybridized carbons (Fsp3) is 0.211. The van der Waals surface area contributed by atoms with Gasteiger partial charge in [-0.3, -0.25) is 15.6 Å². The largest absolute Gasteiger partial charge is 0.334 e. The average molecular weight is 413 g/mol. The van der Waals surface area contributed by atoms with Gasteiger partial charge < -0.3 is 4.52 Å². The molecule has 2 aromatic carbocycles. The zero-order valence-corrected chi connectivity index (χ0v) is 16.4. The molecular formula is C19H19N5O4S. The van der Waals surface area contributed by atoms with Crippen LogP contribution in [0.1, 0.15) is 29.0 Å². The van der Waals surface area contributed by atoms with E-state index in [2.05, 4.69) is 25.7 Å². The number of benzene rings is 2. The van der Waals surface area contributed by atoms with Gasteiger partial charge in [0.05, 0.1) is 10.6 Å². The second kappa shape index (κ2) is 7.64. The predicted molar refractivity (Wildman–Crippen MR) is 105 cm³/mol. The number of carbonyl (C=O) groups excluding carboxylic acids is 1. The van der Waals surface area contributed by atoms with E-state index in [1.165, 1.54) is 12.1 Å². The zero-order valence-electron chi connectivity index (χ0n) is 15.5. The molecule has 4 rings (SSSR count). The summed E-state index contributed by atoms with van der Waals surface area (Å²) in [6.07, 6.45) is 1.75. The van der Waals surface area contributed by atoms with E-state index in [0.29, 0.717) is 28.5 Å². The minimum Gasteiger partial charge on any atom is -0.334 e. The number of nitrogens with zero attached hydrogens (tertiary/aromatic N) is 2. The highest BCUT2D eigenvalue weighted by molar-refractivity contribution is 7.89. The van der Waals surface area contributed by atoms with Crippen molar-refractivity contribution in [3.8, 4) is 11.5 Å². The van der Waals surface area contributed by atoms with Crippen molar-refractivity contribution in [2.45, 2.75) is 30.7 Å². The van der Waals surface area contributed by atoms with Crippen LogP contribution in [0.2, 0.25) is 0 Å². The molecule has 3 aromatic rings. The number of aryl methyl sites for hydroxylation is 1. The van der Waals surface area contributed by atoms with Crippen LogP contribution in [-0.2, 0) is 10.0 Å². The molecule has 0 unspecified atom stereocenters. The summed E-state index contributed by atoms with van der Waals surface area (Å²) in [4.78, 5) is 16.6. The van der Waals surface area contributed by atoms with Gasteiger partial charge in [-0.15, -0.1) is 0 Å². The van der Waals surface area contributed by atoms with Gasteiger partial charge in [0.15, 0.2) is 5.82 Å². The molecule has 29 heavy (non-hydrogen) atoms. The summed E-state index contributed by atoms with van der Waals surface area (Å²) >= 11 is 0. The molecule has 0 saturated heterocycles. The highest BCUT2D eigenvalue weighted by atomic mass is 32.2. The van der Waals surface area contributed by atoms with Gasteiger partial charge in [-0.1, -0.05) is 5.16 Å². The molecule has 0 atom stereocenters. The second-order valence-electron chi connectivity index (χ2n) is 6.72. The Kier molecular flexibility index (Phi) is 5.03. The number of hydrogen-bond acceptors (Lipinski definition) is 7. The van der Waals surface area contributed by atoms with Gasteiger partial charge >= 0.3 is 0 Å². The van der Waals surface area contributed by atoms with Gasteiger partial charge in [-0.25, -0.2) is 13.1 Å². The number of amides is 1. The lowest BCUT2D eigenvalue weighted by Gasteiger charge is -2.10. The number of carbonyl (C=O) groups is 1. The first-order valence-corrected chi connectivity index (χ1v) is 10.5. The highest BCUT2D eigenvalue weighted by Gasteiger charge is 2.27. The molecule has 1 amide bonds. The van der Waals surface area contributed by atoms with Crippen molar-refractivity contribution in [2.75, 3.05) is 5.43 Å². The van der Waals surface area contributed by atoms with Crippen molar-refractivity contribution < 1.29 is 17.7 Å². The number of sulfonamides is 1. The third kappa shape index (κ3) is 4.61. The molecule has 1 heterocycles. The quantitative estimate of drug-likeness (QED) is 0.507. The molecule has 1 aliphatic rings. The Balaban J connectivity index is 1.35. The third-order valence-corrected chi connectivity index (χ3v) is 5.84. The van der Waals surface area contributed by atoms with Gasteiger partial charge in [0.2, 0.25) is 10.0 Å². The lowest BCUT2D eigenvalue weighted by atomic mass is 10.1. The van der Waals surface area contributed by atoms with Gasteiger partial charge in [0.25, 0.3) is 11.8 Å². The van der Waals surface area contributed by atoms with E-state index >= 15 is 0 Å². The summed E-state index contributed by atoms with van der Waals surface area (Å²) in [6.45, 7) is 1.73. The molecular weight excluding hydrogens is 394 g/mol. The van der Waals surface area contributed by atoms with Gasteiger partial charge in [0, 0.05) is 17.2 Å². The Hall–Kier alpha value is -3.24. The predicted octanol–water partition coefficient (Wildman–Crippen LogP) is 2.24. The maximum absolute atomic E-state index is 12.3. The Morgan fingerprint density at radius 3 is 2.34 bits per heavy atom. The van der Waals surface area contributed by atoms with Crippen molar-refractivity contribution in [2.24, 2.45) is 0 Å². The number of hydrazine groups is 1. The van der Waals surface area contributed by atoms with Crippen LogP contribution in [0.25, 0.3) is 11.5 Å². The van der Waals surface area contributed by atoms with Crippen molar-refractivity contribution >= 4 is 21.6 Å². The van der Waals surface area contributed by atoms with E-state index in [-0.39, 0.29) is 16.8 Å². The Bertz CT molecular complexity index is 1120. The molecule has 0 radical (unpaired) electrons. The van der Waals surface area contributed by atoms with E-state index in [0.717, 1.165) is 12.8 Å². The molecule has 0 bridgehead atoms.